The van der Waals surface area contributed by atoms with Crippen LogP contribution < -0.4 is 5.19 Å². The molecule has 0 aliphatic heterocycles. The average Bonchev–Trinajstić information content (AvgIpc) is 3.50. The van der Waals surface area contributed by atoms with Crippen molar-refractivity contribution in [3.63, 3.8) is 0 Å². The van der Waals surface area contributed by atoms with Crippen molar-refractivity contribution in [2.45, 2.75) is 59.6 Å². The van der Waals surface area contributed by atoms with Gasteiger partial charge in [0.2, 0.25) is 0 Å². The second kappa shape index (κ2) is 15.9. The van der Waals surface area contributed by atoms with Crippen molar-refractivity contribution in [2.75, 3.05) is 0 Å². The maximum atomic E-state index is 8.55. The van der Waals surface area contributed by atoms with Crippen molar-refractivity contribution >= 4 is 44.8 Å². The molecule has 0 unspecified atom stereocenters. The zero-order valence-corrected chi connectivity index (χ0v) is 33.4. The normalized spacial score (nSPS) is 12.9. The standard InChI is InChI=1S/C26H20NS.C18H24NSi.Ir/c1-17(2)19-13-14-27-24(15-19)23-10-6-9-22-21-12-11-20(16-25(21)28-26(22)23)18-7-4-3-5-8-18;1-14(2)11-16-12-17(15-9-7-6-8-10-15)19-13-18(16)20(3,4)5;/h3-9,11-17H,1-2H3;6-9,12-14H,11H2,1-5H3;/q2*-1;/i17D;11D2;. The van der Waals surface area contributed by atoms with Crippen LogP contribution in [0.2, 0.25) is 19.6 Å². The zero-order valence-electron chi connectivity index (χ0n) is 32.2. The van der Waals surface area contributed by atoms with E-state index in [1.165, 1.54) is 31.3 Å². The van der Waals surface area contributed by atoms with Gasteiger partial charge in [-0.2, -0.15) is 11.3 Å². The third-order valence-electron chi connectivity index (χ3n) is 8.27. The van der Waals surface area contributed by atoms with Gasteiger partial charge in [-0.3, -0.25) is 0 Å². The van der Waals surface area contributed by atoms with Gasteiger partial charge in [0.15, 0.2) is 0 Å². The third-order valence-corrected chi connectivity index (χ3v) is 11.5. The van der Waals surface area contributed by atoms with Gasteiger partial charge in [-0.15, -0.1) is 59.7 Å². The topological polar surface area (TPSA) is 25.8 Å². The molecular weight excluding hydrogens is 809 g/mol. The Hall–Kier alpha value is -3.73. The average molecular weight is 856 g/mol. The molecule has 0 atom stereocenters. The summed E-state index contributed by atoms with van der Waals surface area (Å²) in [7, 11) is -1.67. The van der Waals surface area contributed by atoms with Gasteiger partial charge in [-0.25, -0.2) is 0 Å². The van der Waals surface area contributed by atoms with Gasteiger partial charge in [0.1, 0.15) is 0 Å². The van der Waals surface area contributed by atoms with Crippen LogP contribution in [0, 0.1) is 18.1 Å². The maximum Gasteiger partial charge on any atom is 0.0798 e. The molecule has 5 heteroatoms. The number of hydrogen-bond acceptors (Lipinski definition) is 3. The van der Waals surface area contributed by atoms with E-state index < -0.39 is 20.3 Å². The van der Waals surface area contributed by atoms with Crippen molar-refractivity contribution in [3.05, 3.63) is 139 Å². The number of fused-ring (bicyclic) bond motifs is 3. The van der Waals surface area contributed by atoms with Crippen molar-refractivity contribution in [2.24, 2.45) is 5.92 Å². The molecule has 2 nitrogen and oxygen atoms in total. The van der Waals surface area contributed by atoms with Gasteiger partial charge < -0.3 is 9.97 Å². The van der Waals surface area contributed by atoms with E-state index >= 15 is 0 Å². The van der Waals surface area contributed by atoms with Gasteiger partial charge in [-0.1, -0.05) is 118 Å². The molecule has 0 aliphatic carbocycles. The SMILES string of the molecule is [2H]C(C)(C)c1ccnc(-c2[c-]ccc3c2sc2cc(-c4ccccc4)ccc23)c1.[2H]C([2H])(c1cc(-c2[c-]cccc2)ncc1[Si](C)(C)C)C(C)C.[Ir]. The number of hydrogen-bond donors (Lipinski definition) is 0. The Morgan fingerprint density at radius 1 is 0.776 bits per heavy atom. The summed E-state index contributed by atoms with van der Waals surface area (Å²) < 4.78 is 27.9. The monoisotopic (exact) mass is 856 g/mol. The molecule has 0 saturated heterocycles. The van der Waals surface area contributed by atoms with Crippen LogP contribution in [0.1, 0.15) is 48.8 Å². The molecule has 3 aromatic heterocycles. The number of pyridine rings is 2. The first kappa shape index (κ1) is 32.5. The van der Waals surface area contributed by atoms with Gasteiger partial charge in [-0.05, 0) is 68.1 Å². The second-order valence-electron chi connectivity index (χ2n) is 13.6. The molecule has 0 N–H and O–H groups in total. The molecule has 0 saturated carbocycles. The smallest absolute Gasteiger partial charge is 0.0798 e. The van der Waals surface area contributed by atoms with Crippen LogP contribution in [0.15, 0.2) is 116 Å². The molecule has 1 radical (unpaired) electrons. The van der Waals surface area contributed by atoms with Crippen molar-refractivity contribution in [1.29, 1.82) is 0 Å². The zero-order chi connectivity index (χ0) is 36.6. The van der Waals surface area contributed by atoms with E-state index in [9.17, 15) is 0 Å². The number of thiophene rings is 1. The molecule has 0 spiro atoms. The Balaban J connectivity index is 0.000000205. The van der Waals surface area contributed by atoms with Crippen LogP contribution in [0.5, 0.6) is 0 Å². The van der Waals surface area contributed by atoms with E-state index in [4.69, 9.17) is 4.11 Å². The molecule has 3 heterocycles. The summed E-state index contributed by atoms with van der Waals surface area (Å²) >= 11 is 1.79. The molecular formula is C44H44IrN2SSi-2. The predicted molar refractivity (Wildman–Crippen MR) is 211 cm³/mol. The predicted octanol–water partition coefficient (Wildman–Crippen LogP) is 12.0. The third kappa shape index (κ3) is 8.53. The van der Waals surface area contributed by atoms with Gasteiger partial charge in [0.05, 0.1) is 8.07 Å². The van der Waals surface area contributed by atoms with Crippen LogP contribution in [0.4, 0.5) is 0 Å². The Morgan fingerprint density at radius 3 is 2.24 bits per heavy atom. The van der Waals surface area contributed by atoms with Crippen LogP contribution in [0.25, 0.3) is 53.8 Å². The summed E-state index contributed by atoms with van der Waals surface area (Å²) in [5, 5.41) is 3.60. The van der Waals surface area contributed by atoms with Crippen LogP contribution in [-0.2, 0) is 26.5 Å². The fourth-order valence-corrected chi connectivity index (χ4v) is 8.46. The number of aromatic nitrogens is 2. The summed E-state index contributed by atoms with van der Waals surface area (Å²) in [5.41, 5.74) is 7.80. The van der Waals surface area contributed by atoms with Gasteiger partial charge in [0, 0.05) is 41.3 Å². The Bertz CT molecular complexity index is 2290. The minimum Gasteiger partial charge on any atom is -0.305 e. The van der Waals surface area contributed by atoms with Crippen molar-refractivity contribution in [3.8, 4) is 33.6 Å². The van der Waals surface area contributed by atoms with Crippen molar-refractivity contribution < 1.29 is 24.2 Å². The number of benzene rings is 4. The Labute approximate surface area is 315 Å². The molecule has 7 rings (SSSR count). The molecule has 0 fully saturated rings. The van der Waals surface area contributed by atoms with Crippen LogP contribution >= 0.6 is 11.3 Å². The summed E-state index contributed by atoms with van der Waals surface area (Å²) in [6, 6.07) is 41.5. The molecule has 0 bridgehead atoms. The second-order valence-corrected chi connectivity index (χ2v) is 19.7. The summed E-state index contributed by atoms with van der Waals surface area (Å²) in [5.74, 6) is -0.742. The fraction of sp³-hybridized carbons (Fsp3) is 0.227. The Kier molecular flexibility index (Phi) is 10.5. The van der Waals surface area contributed by atoms with Crippen LogP contribution in [0.3, 0.4) is 0 Å². The van der Waals surface area contributed by atoms with E-state index in [0.717, 1.165) is 38.8 Å². The minimum absolute atomic E-state index is 0. The first-order valence-electron chi connectivity index (χ1n) is 18.0. The molecule has 251 valence electrons. The van der Waals surface area contributed by atoms with Crippen LogP contribution in [-0.4, -0.2) is 18.0 Å². The maximum absolute atomic E-state index is 8.55. The van der Waals surface area contributed by atoms with Crippen molar-refractivity contribution in [1.82, 2.24) is 9.97 Å². The Morgan fingerprint density at radius 2 is 1.55 bits per heavy atom. The quantitative estimate of drug-likeness (QED) is 0.118. The van der Waals surface area contributed by atoms with E-state index in [1.54, 1.807) is 17.5 Å². The number of rotatable bonds is 7. The molecule has 49 heavy (non-hydrogen) atoms. The fourth-order valence-electron chi connectivity index (χ4n) is 5.80. The summed E-state index contributed by atoms with van der Waals surface area (Å²) in [6.45, 7) is 14.4. The molecule has 7 aromatic rings. The summed E-state index contributed by atoms with van der Waals surface area (Å²) in [6.07, 6.45) is 2.33. The first-order valence-corrected chi connectivity index (χ1v) is 20.8. The van der Waals surface area contributed by atoms with Gasteiger partial charge in [0.25, 0.3) is 0 Å². The largest absolute Gasteiger partial charge is 0.305 e. The molecule has 0 aliphatic rings. The van der Waals surface area contributed by atoms with E-state index in [-0.39, 0.29) is 26.0 Å². The molecule has 4 aromatic carbocycles. The molecule has 0 amide bonds. The van der Waals surface area contributed by atoms with Gasteiger partial charge >= 0.3 is 0 Å². The van der Waals surface area contributed by atoms with E-state index in [2.05, 4.69) is 90.3 Å². The number of nitrogens with zero attached hydrogens (tertiary/aromatic N) is 2. The van der Waals surface area contributed by atoms with E-state index in [0.29, 0.717) is 0 Å². The minimum atomic E-state index is -1.67. The first-order chi connectivity index (χ1) is 24.1. The summed E-state index contributed by atoms with van der Waals surface area (Å²) in [4.78, 5) is 9.19. The van der Waals surface area contributed by atoms with E-state index in [1.807, 2.05) is 88.5 Å².